The molecule has 39 heavy (non-hydrogen) atoms. The van der Waals surface area contributed by atoms with Crippen LogP contribution in [0.4, 0.5) is 4.79 Å². The van der Waals surface area contributed by atoms with E-state index in [9.17, 15) is 19.2 Å². The van der Waals surface area contributed by atoms with Gasteiger partial charge in [0.25, 0.3) is 0 Å². The third-order valence-electron chi connectivity index (χ3n) is 7.16. The summed E-state index contributed by atoms with van der Waals surface area (Å²) in [5.74, 6) is -0.217. The highest BCUT2D eigenvalue weighted by atomic mass is 32.1. The van der Waals surface area contributed by atoms with E-state index >= 15 is 0 Å². The van der Waals surface area contributed by atoms with Gasteiger partial charge in [-0.2, -0.15) is 0 Å². The molecule has 2 aliphatic rings. The molecule has 3 amide bonds. The maximum atomic E-state index is 13.8. The van der Waals surface area contributed by atoms with Gasteiger partial charge < -0.3 is 19.9 Å². The normalized spacial score (nSPS) is 19.7. The predicted octanol–water partition coefficient (Wildman–Crippen LogP) is 3.81. The van der Waals surface area contributed by atoms with Gasteiger partial charge in [-0.1, -0.05) is 39.0 Å². The van der Waals surface area contributed by atoms with Crippen LogP contribution in [0.1, 0.15) is 39.2 Å². The zero-order valence-corrected chi connectivity index (χ0v) is 23.1. The minimum Gasteiger partial charge on any atom is -0.409 e. The molecule has 5 rings (SSSR count). The molecule has 0 bridgehead atoms. The first kappa shape index (κ1) is 26.8. The number of rotatable bonds is 6. The molecule has 9 nitrogen and oxygen atoms in total. The third kappa shape index (κ3) is 5.80. The summed E-state index contributed by atoms with van der Waals surface area (Å²) in [5.41, 5.74) is 0.489. The van der Waals surface area contributed by atoms with Crippen LogP contribution in [0.3, 0.4) is 0 Å². The Labute approximate surface area is 231 Å². The van der Waals surface area contributed by atoms with Gasteiger partial charge in [0.2, 0.25) is 11.8 Å². The van der Waals surface area contributed by atoms with Crippen molar-refractivity contribution in [2.24, 2.45) is 5.41 Å². The quantitative estimate of drug-likeness (QED) is 0.502. The molecule has 3 atom stereocenters. The van der Waals surface area contributed by atoms with Crippen molar-refractivity contribution in [3.8, 4) is 5.75 Å². The van der Waals surface area contributed by atoms with Crippen molar-refractivity contribution in [1.29, 1.82) is 0 Å². The average molecular weight is 549 g/mol. The Bertz CT molecular complexity index is 1400. The minimum absolute atomic E-state index is 0.0250. The van der Waals surface area contributed by atoms with E-state index in [4.69, 9.17) is 4.74 Å². The van der Waals surface area contributed by atoms with Gasteiger partial charge in [0.1, 0.15) is 12.1 Å². The van der Waals surface area contributed by atoms with Gasteiger partial charge in [0, 0.05) is 34.4 Å². The molecule has 4 heterocycles. The zero-order valence-electron chi connectivity index (χ0n) is 22.3. The molecule has 0 aliphatic carbocycles. The minimum atomic E-state index is -0.880. The summed E-state index contributed by atoms with van der Waals surface area (Å²) in [4.78, 5) is 60.1. The molecule has 1 aromatic carbocycles. The Morgan fingerprint density at radius 3 is 2.69 bits per heavy atom. The van der Waals surface area contributed by atoms with Crippen molar-refractivity contribution < 1.29 is 23.9 Å². The van der Waals surface area contributed by atoms with Gasteiger partial charge in [0.05, 0.1) is 19.0 Å². The summed E-state index contributed by atoms with van der Waals surface area (Å²) in [5, 5.41) is 5.36. The highest BCUT2D eigenvalue weighted by Gasteiger charge is 2.52. The van der Waals surface area contributed by atoms with E-state index in [0.29, 0.717) is 25.1 Å². The Balaban J connectivity index is 1.29. The molecule has 3 unspecified atom stereocenters. The SMILES string of the molecule is CC(C)(C)CC(NC(=O)Oc1csc2ccccc12)C(=O)N1CCC2C1C(=O)CN2C(=O)Cc1cccnc1. The average Bonchev–Trinajstić information content (AvgIpc) is 3.59. The largest absolute Gasteiger partial charge is 0.413 e. The van der Waals surface area contributed by atoms with E-state index in [2.05, 4.69) is 10.3 Å². The maximum Gasteiger partial charge on any atom is 0.413 e. The molecule has 0 saturated carbocycles. The number of carbonyl (C=O) groups excluding carboxylic acids is 4. The van der Waals surface area contributed by atoms with Crippen molar-refractivity contribution >= 4 is 45.1 Å². The molecule has 1 N–H and O–H groups in total. The summed E-state index contributed by atoms with van der Waals surface area (Å²) < 4.78 is 6.60. The molecule has 0 radical (unpaired) electrons. The van der Waals surface area contributed by atoms with E-state index in [1.54, 1.807) is 33.6 Å². The lowest BCUT2D eigenvalue weighted by molar-refractivity contribution is -0.138. The fourth-order valence-corrected chi connectivity index (χ4v) is 6.35. The Hall–Kier alpha value is -3.79. The second kappa shape index (κ2) is 10.8. The number of nitrogens with one attached hydrogen (secondary N) is 1. The lowest BCUT2D eigenvalue weighted by Crippen LogP contribution is -2.54. The molecular formula is C29H32N4O5S. The highest BCUT2D eigenvalue weighted by Crippen LogP contribution is 2.33. The van der Waals surface area contributed by atoms with Gasteiger partial charge >= 0.3 is 6.09 Å². The number of pyridine rings is 1. The summed E-state index contributed by atoms with van der Waals surface area (Å²) in [6.45, 7) is 6.27. The number of benzene rings is 1. The lowest BCUT2D eigenvalue weighted by atomic mass is 9.87. The topological polar surface area (TPSA) is 109 Å². The van der Waals surface area contributed by atoms with Crippen LogP contribution in [0.25, 0.3) is 10.1 Å². The van der Waals surface area contributed by atoms with E-state index in [1.165, 1.54) is 11.3 Å². The summed E-state index contributed by atoms with van der Waals surface area (Å²) in [6.07, 6.45) is 3.58. The van der Waals surface area contributed by atoms with Crippen LogP contribution < -0.4 is 10.1 Å². The molecule has 2 aliphatic heterocycles. The second-order valence-electron chi connectivity index (χ2n) is 11.3. The molecular weight excluding hydrogens is 516 g/mol. The van der Waals surface area contributed by atoms with Crippen molar-refractivity contribution in [3.05, 3.63) is 59.7 Å². The molecule has 2 fully saturated rings. The molecule has 3 aromatic rings. The van der Waals surface area contributed by atoms with Gasteiger partial charge in [0.15, 0.2) is 11.5 Å². The van der Waals surface area contributed by atoms with Crippen LogP contribution in [0.2, 0.25) is 0 Å². The third-order valence-corrected chi connectivity index (χ3v) is 8.10. The van der Waals surface area contributed by atoms with E-state index in [-0.39, 0.29) is 42.0 Å². The van der Waals surface area contributed by atoms with Crippen molar-refractivity contribution in [2.45, 2.75) is 58.2 Å². The Morgan fingerprint density at radius 2 is 1.95 bits per heavy atom. The highest BCUT2D eigenvalue weighted by molar-refractivity contribution is 7.17. The van der Waals surface area contributed by atoms with Gasteiger partial charge in [-0.3, -0.25) is 19.4 Å². The standard InChI is InChI=1S/C29H32N4O5S/c1-29(2,3)14-20(31-28(37)38-23-17-39-24-9-5-4-8-19(23)24)27(36)32-12-10-21-26(32)22(34)16-33(21)25(35)13-18-7-6-11-30-15-18/h4-9,11,15,17,20-21,26H,10,12-14,16H2,1-3H3,(H,31,37). The van der Waals surface area contributed by atoms with Crippen LogP contribution in [-0.4, -0.2) is 69.7 Å². The number of carbonyl (C=O) groups is 4. The predicted molar refractivity (Wildman–Crippen MR) is 147 cm³/mol. The number of thiophene rings is 1. The summed E-state index contributed by atoms with van der Waals surface area (Å²) in [6, 6.07) is 9.25. The number of hydrogen-bond acceptors (Lipinski definition) is 7. The summed E-state index contributed by atoms with van der Waals surface area (Å²) in [7, 11) is 0. The van der Waals surface area contributed by atoms with Crippen molar-refractivity contribution in [3.63, 3.8) is 0 Å². The zero-order chi connectivity index (χ0) is 27.7. The number of hydrogen-bond donors (Lipinski definition) is 1. The molecule has 204 valence electrons. The van der Waals surface area contributed by atoms with E-state index < -0.39 is 18.2 Å². The summed E-state index contributed by atoms with van der Waals surface area (Å²) >= 11 is 1.47. The number of aromatic nitrogens is 1. The Kier molecular flexibility index (Phi) is 7.40. The molecule has 10 heteroatoms. The number of ether oxygens (including phenoxy) is 1. The van der Waals surface area contributed by atoms with Crippen LogP contribution in [0.5, 0.6) is 5.75 Å². The fourth-order valence-electron chi connectivity index (χ4n) is 5.49. The lowest BCUT2D eigenvalue weighted by Gasteiger charge is -2.31. The van der Waals surface area contributed by atoms with E-state index in [1.807, 2.05) is 51.1 Å². The second-order valence-corrected chi connectivity index (χ2v) is 12.2. The number of likely N-dealkylation sites (tertiary alicyclic amines) is 2. The fraction of sp³-hybridized carbons (Fsp3) is 0.414. The smallest absolute Gasteiger partial charge is 0.409 e. The van der Waals surface area contributed by atoms with Crippen LogP contribution >= 0.6 is 11.3 Å². The number of Topliss-reactive ketones (excluding diaryl/α,β-unsaturated/α-hetero) is 1. The van der Waals surface area contributed by atoms with Gasteiger partial charge in [-0.05, 0) is 42.0 Å². The first-order valence-corrected chi connectivity index (χ1v) is 13.9. The first-order chi connectivity index (χ1) is 18.6. The molecule has 2 aromatic heterocycles. The van der Waals surface area contributed by atoms with Crippen LogP contribution in [-0.2, 0) is 20.8 Å². The number of ketones is 1. The molecule has 0 spiro atoms. The Morgan fingerprint density at radius 1 is 1.15 bits per heavy atom. The van der Waals surface area contributed by atoms with Crippen molar-refractivity contribution in [2.75, 3.05) is 13.1 Å². The molecule has 2 saturated heterocycles. The first-order valence-electron chi connectivity index (χ1n) is 13.1. The number of nitrogens with zero attached hydrogens (tertiary/aromatic N) is 3. The van der Waals surface area contributed by atoms with Crippen molar-refractivity contribution in [1.82, 2.24) is 20.1 Å². The maximum absolute atomic E-state index is 13.8. The van der Waals surface area contributed by atoms with Gasteiger partial charge in [-0.15, -0.1) is 11.3 Å². The number of amides is 3. The number of fused-ring (bicyclic) bond motifs is 2. The van der Waals surface area contributed by atoms with Gasteiger partial charge in [-0.25, -0.2) is 4.79 Å². The van der Waals surface area contributed by atoms with Crippen LogP contribution in [0, 0.1) is 5.41 Å². The van der Waals surface area contributed by atoms with E-state index in [0.717, 1.165) is 15.6 Å². The monoisotopic (exact) mass is 548 g/mol. The van der Waals surface area contributed by atoms with Crippen LogP contribution in [0.15, 0.2) is 54.2 Å².